The summed E-state index contributed by atoms with van der Waals surface area (Å²) in [5, 5.41) is 8.51. The third-order valence-corrected chi connectivity index (χ3v) is 1.94. The minimum Gasteiger partial charge on any atom is -0.480 e. The number of carbonyl (C=O) groups is 1. The van der Waals surface area contributed by atoms with Gasteiger partial charge in [-0.3, -0.25) is 4.79 Å². The van der Waals surface area contributed by atoms with Crippen molar-refractivity contribution < 1.29 is 9.90 Å². The molecule has 1 atom stereocenters. The van der Waals surface area contributed by atoms with Crippen LogP contribution in [0.25, 0.3) is 0 Å². The number of aliphatic carboxylic acids is 1. The van der Waals surface area contributed by atoms with Crippen molar-refractivity contribution in [3.8, 4) is 0 Å². The second kappa shape index (κ2) is 4.67. The first kappa shape index (κ1) is 9.80. The quantitative estimate of drug-likeness (QED) is 0.628. The molecule has 0 aliphatic rings. The molecular formula is C9H14N2O2. The molecule has 0 amide bonds. The van der Waals surface area contributed by atoms with Gasteiger partial charge in [-0.05, 0) is 31.4 Å². The van der Waals surface area contributed by atoms with Crippen LogP contribution in [0.3, 0.4) is 0 Å². The van der Waals surface area contributed by atoms with Crippen LogP contribution in [0, 0.1) is 0 Å². The maximum absolute atomic E-state index is 10.4. The lowest BCUT2D eigenvalue weighted by atomic mass is 10.1. The fourth-order valence-electron chi connectivity index (χ4n) is 1.16. The summed E-state index contributed by atoms with van der Waals surface area (Å²) in [6.45, 7) is 0. The Hall–Kier alpha value is -1.29. The van der Waals surface area contributed by atoms with Crippen LogP contribution in [0.1, 0.15) is 18.5 Å². The van der Waals surface area contributed by atoms with Crippen LogP contribution in [0.2, 0.25) is 0 Å². The summed E-state index contributed by atoms with van der Waals surface area (Å²) in [5.41, 5.74) is 6.47. The van der Waals surface area contributed by atoms with E-state index in [0.717, 1.165) is 18.5 Å². The molecule has 0 aromatic carbocycles. The fraction of sp³-hybridized carbons (Fsp3) is 0.444. The summed E-state index contributed by atoms with van der Waals surface area (Å²) in [7, 11) is 0. The highest BCUT2D eigenvalue weighted by Crippen LogP contribution is 2.03. The summed E-state index contributed by atoms with van der Waals surface area (Å²) in [5.74, 6) is -0.925. The maximum atomic E-state index is 10.4. The third kappa shape index (κ3) is 3.29. The lowest BCUT2D eigenvalue weighted by molar-refractivity contribution is -0.138. The Morgan fingerprint density at radius 2 is 2.46 bits per heavy atom. The van der Waals surface area contributed by atoms with Gasteiger partial charge in [0, 0.05) is 11.9 Å². The molecule has 0 saturated carbocycles. The summed E-state index contributed by atoms with van der Waals surface area (Å²) in [4.78, 5) is 13.4. The van der Waals surface area contributed by atoms with E-state index in [0.29, 0.717) is 6.42 Å². The lowest BCUT2D eigenvalue weighted by Crippen LogP contribution is -2.29. The number of aromatic amines is 1. The van der Waals surface area contributed by atoms with Gasteiger partial charge >= 0.3 is 5.97 Å². The van der Waals surface area contributed by atoms with E-state index in [1.807, 2.05) is 18.3 Å². The van der Waals surface area contributed by atoms with Gasteiger partial charge in [0.1, 0.15) is 6.04 Å². The maximum Gasteiger partial charge on any atom is 0.320 e. The molecule has 4 nitrogen and oxygen atoms in total. The first-order valence-electron chi connectivity index (χ1n) is 4.31. The summed E-state index contributed by atoms with van der Waals surface area (Å²) >= 11 is 0. The van der Waals surface area contributed by atoms with E-state index in [4.69, 9.17) is 10.8 Å². The summed E-state index contributed by atoms with van der Waals surface area (Å²) in [6, 6.07) is 3.17. The molecule has 1 aromatic heterocycles. The molecule has 4 heteroatoms. The second-order valence-corrected chi connectivity index (χ2v) is 3.03. The van der Waals surface area contributed by atoms with Gasteiger partial charge in [-0.25, -0.2) is 0 Å². The standard InChI is InChI=1S/C9H14N2O2/c10-8(9(12)13)5-1-3-7-4-2-6-11-7/h2,4,6,8,11H,1,3,5,10H2,(H,12,13). The number of hydrogen-bond donors (Lipinski definition) is 3. The predicted molar refractivity (Wildman–Crippen MR) is 49.3 cm³/mol. The Morgan fingerprint density at radius 3 is 3.00 bits per heavy atom. The molecular weight excluding hydrogens is 168 g/mol. The van der Waals surface area contributed by atoms with E-state index in [1.54, 1.807) is 0 Å². The van der Waals surface area contributed by atoms with Crippen molar-refractivity contribution in [1.29, 1.82) is 0 Å². The van der Waals surface area contributed by atoms with E-state index < -0.39 is 12.0 Å². The van der Waals surface area contributed by atoms with Gasteiger partial charge in [-0.1, -0.05) is 0 Å². The number of carboxylic acids is 1. The zero-order valence-electron chi connectivity index (χ0n) is 7.36. The van der Waals surface area contributed by atoms with Crippen molar-refractivity contribution in [2.24, 2.45) is 5.73 Å². The minimum atomic E-state index is -0.925. The highest BCUT2D eigenvalue weighted by atomic mass is 16.4. The molecule has 13 heavy (non-hydrogen) atoms. The summed E-state index contributed by atoms with van der Waals surface area (Å²) in [6.07, 6.45) is 4.03. The SMILES string of the molecule is NC(CCCc1ccc[nH]1)C(=O)O. The molecule has 0 spiro atoms. The number of rotatable bonds is 5. The Kier molecular flexibility index (Phi) is 3.52. The molecule has 72 valence electrons. The van der Waals surface area contributed by atoms with Crippen LogP contribution in [0.15, 0.2) is 18.3 Å². The molecule has 0 fully saturated rings. The van der Waals surface area contributed by atoms with Crippen molar-refractivity contribution in [2.45, 2.75) is 25.3 Å². The van der Waals surface area contributed by atoms with Crippen LogP contribution < -0.4 is 5.73 Å². The highest BCUT2D eigenvalue weighted by Gasteiger charge is 2.10. The van der Waals surface area contributed by atoms with Crippen molar-refractivity contribution in [3.63, 3.8) is 0 Å². The topological polar surface area (TPSA) is 79.1 Å². The lowest BCUT2D eigenvalue weighted by Gasteiger charge is -2.04. The van der Waals surface area contributed by atoms with E-state index in [1.165, 1.54) is 0 Å². The molecule has 1 rings (SSSR count). The zero-order chi connectivity index (χ0) is 9.68. The van der Waals surface area contributed by atoms with E-state index >= 15 is 0 Å². The van der Waals surface area contributed by atoms with Gasteiger partial charge in [-0.2, -0.15) is 0 Å². The van der Waals surface area contributed by atoms with Gasteiger partial charge in [0.25, 0.3) is 0 Å². The smallest absolute Gasteiger partial charge is 0.320 e. The average molecular weight is 182 g/mol. The zero-order valence-corrected chi connectivity index (χ0v) is 7.36. The highest BCUT2D eigenvalue weighted by molar-refractivity contribution is 5.72. The van der Waals surface area contributed by atoms with E-state index in [-0.39, 0.29) is 0 Å². The molecule has 1 aromatic rings. The van der Waals surface area contributed by atoms with Gasteiger partial charge in [0.05, 0.1) is 0 Å². The first-order valence-corrected chi connectivity index (χ1v) is 4.31. The number of nitrogens with one attached hydrogen (secondary N) is 1. The van der Waals surface area contributed by atoms with Crippen LogP contribution in [-0.4, -0.2) is 22.1 Å². The molecule has 0 aliphatic heterocycles. The van der Waals surface area contributed by atoms with Crippen LogP contribution in [0.4, 0.5) is 0 Å². The number of aryl methyl sites for hydroxylation is 1. The molecule has 4 N–H and O–H groups in total. The normalized spacial score (nSPS) is 12.7. The van der Waals surface area contributed by atoms with Crippen molar-refractivity contribution in [2.75, 3.05) is 0 Å². The largest absolute Gasteiger partial charge is 0.480 e. The number of hydrogen-bond acceptors (Lipinski definition) is 2. The Bertz CT molecular complexity index is 257. The minimum absolute atomic E-state index is 0.522. The first-order chi connectivity index (χ1) is 6.20. The molecule has 0 saturated heterocycles. The van der Waals surface area contributed by atoms with Crippen molar-refractivity contribution in [3.05, 3.63) is 24.0 Å². The van der Waals surface area contributed by atoms with E-state index in [9.17, 15) is 4.79 Å². The number of nitrogens with two attached hydrogens (primary N) is 1. The molecule has 0 aliphatic carbocycles. The Balaban J connectivity index is 2.18. The van der Waals surface area contributed by atoms with Gasteiger partial charge in [-0.15, -0.1) is 0 Å². The Labute approximate surface area is 76.8 Å². The van der Waals surface area contributed by atoms with Crippen molar-refractivity contribution >= 4 is 5.97 Å². The second-order valence-electron chi connectivity index (χ2n) is 3.03. The van der Waals surface area contributed by atoms with Crippen LogP contribution in [0.5, 0.6) is 0 Å². The fourth-order valence-corrected chi connectivity index (χ4v) is 1.16. The molecule has 1 unspecified atom stereocenters. The molecule has 0 radical (unpaired) electrons. The van der Waals surface area contributed by atoms with Crippen molar-refractivity contribution in [1.82, 2.24) is 4.98 Å². The monoisotopic (exact) mass is 182 g/mol. The summed E-state index contributed by atoms with van der Waals surface area (Å²) < 4.78 is 0. The average Bonchev–Trinajstić information content (AvgIpc) is 2.56. The Morgan fingerprint density at radius 1 is 1.69 bits per heavy atom. The van der Waals surface area contributed by atoms with Gasteiger partial charge in [0.2, 0.25) is 0 Å². The number of aromatic nitrogens is 1. The van der Waals surface area contributed by atoms with E-state index in [2.05, 4.69) is 4.98 Å². The number of carboxylic acid groups (broad SMARTS) is 1. The number of H-pyrrole nitrogens is 1. The third-order valence-electron chi connectivity index (χ3n) is 1.94. The van der Waals surface area contributed by atoms with Crippen LogP contribution >= 0.6 is 0 Å². The predicted octanol–water partition coefficient (Wildman–Crippen LogP) is 0.749. The van der Waals surface area contributed by atoms with Gasteiger partial charge in [0.15, 0.2) is 0 Å². The molecule has 0 bridgehead atoms. The van der Waals surface area contributed by atoms with Gasteiger partial charge < -0.3 is 15.8 Å². The molecule has 1 heterocycles. The van der Waals surface area contributed by atoms with Crippen LogP contribution in [-0.2, 0) is 11.2 Å².